The zero-order valence-corrected chi connectivity index (χ0v) is 9.60. The first-order valence-corrected chi connectivity index (χ1v) is 5.52. The van der Waals surface area contributed by atoms with Crippen LogP contribution in [-0.2, 0) is 6.54 Å². The van der Waals surface area contributed by atoms with Gasteiger partial charge in [-0.25, -0.2) is 0 Å². The summed E-state index contributed by atoms with van der Waals surface area (Å²) in [6.45, 7) is 1.98. The van der Waals surface area contributed by atoms with E-state index in [4.69, 9.17) is 12.2 Å². The molecule has 4 heteroatoms. The van der Waals surface area contributed by atoms with Gasteiger partial charge >= 0.3 is 0 Å². The maximum Gasteiger partial charge on any atom is 0.122 e. The second kappa shape index (κ2) is 3.87. The second-order valence-electron chi connectivity index (χ2n) is 4.28. The predicted molar refractivity (Wildman–Crippen MR) is 60.1 cm³/mol. The van der Waals surface area contributed by atoms with E-state index >= 15 is 0 Å². The molecule has 1 fully saturated rings. The normalized spacial score (nSPS) is 16.5. The Balaban J connectivity index is 2.05. The molecule has 1 saturated carbocycles. The summed E-state index contributed by atoms with van der Waals surface area (Å²) in [4.78, 5) is 2.17. The molecule has 0 aliphatic heterocycles. The smallest absolute Gasteiger partial charge is 0.122 e. The highest BCUT2D eigenvalue weighted by molar-refractivity contribution is 7.71. The van der Waals surface area contributed by atoms with E-state index < -0.39 is 0 Å². The standard InChI is InChI=1S/C10H17N3S/c1-12(2)5-6-13-10(14)7-9(11-13)8-3-4-8/h7-8,11H,3-6H2,1-2H3. The number of nitrogens with one attached hydrogen (secondary N) is 1. The van der Waals surface area contributed by atoms with Gasteiger partial charge in [-0.1, -0.05) is 12.2 Å². The Kier molecular flexibility index (Phi) is 2.74. The number of hydrogen-bond donors (Lipinski definition) is 1. The number of likely N-dealkylation sites (N-methyl/N-ethyl adjacent to an activating group) is 1. The molecule has 1 aliphatic rings. The van der Waals surface area contributed by atoms with Crippen molar-refractivity contribution in [2.75, 3.05) is 20.6 Å². The van der Waals surface area contributed by atoms with Crippen LogP contribution in [-0.4, -0.2) is 35.3 Å². The summed E-state index contributed by atoms with van der Waals surface area (Å²) in [6, 6.07) is 2.11. The van der Waals surface area contributed by atoms with Crippen molar-refractivity contribution in [2.45, 2.75) is 25.3 Å². The summed E-state index contributed by atoms with van der Waals surface area (Å²) in [5.41, 5.74) is 1.33. The van der Waals surface area contributed by atoms with Gasteiger partial charge in [0.05, 0.1) is 6.54 Å². The lowest BCUT2D eigenvalue weighted by Gasteiger charge is -2.09. The van der Waals surface area contributed by atoms with Gasteiger partial charge in [-0.3, -0.25) is 4.68 Å². The molecule has 1 N–H and O–H groups in total. The molecule has 78 valence electrons. The van der Waals surface area contributed by atoms with Gasteiger partial charge in [0.1, 0.15) is 4.64 Å². The van der Waals surface area contributed by atoms with Crippen LogP contribution in [0.5, 0.6) is 0 Å². The molecule has 0 spiro atoms. The summed E-state index contributed by atoms with van der Waals surface area (Å²) in [5, 5.41) is 3.38. The van der Waals surface area contributed by atoms with Crippen LogP contribution in [0.1, 0.15) is 24.5 Å². The van der Waals surface area contributed by atoms with Crippen molar-refractivity contribution < 1.29 is 0 Å². The molecule has 0 atom stereocenters. The van der Waals surface area contributed by atoms with Crippen LogP contribution in [0.15, 0.2) is 6.07 Å². The average molecular weight is 211 g/mol. The van der Waals surface area contributed by atoms with E-state index in [0.717, 1.165) is 23.6 Å². The number of nitrogens with zero attached hydrogens (tertiary/aromatic N) is 2. The molecule has 0 saturated heterocycles. The van der Waals surface area contributed by atoms with E-state index in [1.54, 1.807) is 0 Å². The largest absolute Gasteiger partial charge is 0.308 e. The van der Waals surface area contributed by atoms with Crippen molar-refractivity contribution in [2.24, 2.45) is 0 Å². The van der Waals surface area contributed by atoms with Crippen molar-refractivity contribution in [1.29, 1.82) is 0 Å². The molecule has 0 amide bonds. The molecule has 1 aromatic rings. The molecule has 3 nitrogen and oxygen atoms in total. The molecule has 2 rings (SSSR count). The molecule has 1 aliphatic carbocycles. The first kappa shape index (κ1) is 9.93. The first-order valence-electron chi connectivity index (χ1n) is 5.11. The monoisotopic (exact) mass is 211 g/mol. The highest BCUT2D eigenvalue weighted by Crippen LogP contribution is 2.38. The van der Waals surface area contributed by atoms with Crippen molar-refractivity contribution in [3.63, 3.8) is 0 Å². The van der Waals surface area contributed by atoms with Gasteiger partial charge in [-0.05, 0) is 33.0 Å². The van der Waals surface area contributed by atoms with Crippen molar-refractivity contribution in [3.8, 4) is 0 Å². The summed E-state index contributed by atoms with van der Waals surface area (Å²) in [6.07, 6.45) is 2.64. The lowest BCUT2D eigenvalue weighted by atomic mass is 10.3. The Bertz CT molecular complexity index is 360. The molecule has 0 unspecified atom stereocenters. The Morgan fingerprint density at radius 3 is 2.86 bits per heavy atom. The van der Waals surface area contributed by atoms with Crippen LogP contribution in [0.3, 0.4) is 0 Å². The van der Waals surface area contributed by atoms with E-state index in [1.807, 2.05) is 0 Å². The maximum atomic E-state index is 5.29. The van der Waals surface area contributed by atoms with Gasteiger partial charge in [-0.15, -0.1) is 0 Å². The zero-order valence-electron chi connectivity index (χ0n) is 8.79. The summed E-state index contributed by atoms with van der Waals surface area (Å²) in [7, 11) is 4.16. The summed E-state index contributed by atoms with van der Waals surface area (Å²) >= 11 is 5.29. The lowest BCUT2D eigenvalue weighted by Crippen LogP contribution is -2.19. The predicted octanol–water partition coefficient (Wildman–Crippen LogP) is 1.98. The van der Waals surface area contributed by atoms with Crippen LogP contribution in [0.2, 0.25) is 0 Å². The number of hydrogen-bond acceptors (Lipinski definition) is 2. The summed E-state index contributed by atoms with van der Waals surface area (Å²) < 4.78 is 3.01. The molecule has 0 bridgehead atoms. The molecule has 1 aromatic heterocycles. The molecule has 14 heavy (non-hydrogen) atoms. The van der Waals surface area contributed by atoms with Crippen LogP contribution in [0.25, 0.3) is 0 Å². The SMILES string of the molecule is CN(C)CCn1[nH]c(C2CC2)cc1=S. The average Bonchev–Trinajstić information content (AvgIpc) is 2.88. The third-order valence-electron chi connectivity index (χ3n) is 2.60. The highest BCUT2D eigenvalue weighted by Gasteiger charge is 2.25. The van der Waals surface area contributed by atoms with Gasteiger partial charge in [0.25, 0.3) is 0 Å². The van der Waals surface area contributed by atoms with Crippen LogP contribution in [0, 0.1) is 4.64 Å². The van der Waals surface area contributed by atoms with Crippen LogP contribution in [0.4, 0.5) is 0 Å². The lowest BCUT2D eigenvalue weighted by molar-refractivity contribution is 0.371. The molecular formula is C10H17N3S. The van der Waals surface area contributed by atoms with Gasteiger partial charge in [0, 0.05) is 18.2 Å². The second-order valence-corrected chi connectivity index (χ2v) is 4.70. The highest BCUT2D eigenvalue weighted by atomic mass is 32.1. The van der Waals surface area contributed by atoms with Gasteiger partial charge in [-0.2, -0.15) is 0 Å². The molecule has 0 radical (unpaired) electrons. The minimum absolute atomic E-state index is 0.761. The fourth-order valence-electron chi connectivity index (χ4n) is 1.52. The van der Waals surface area contributed by atoms with Crippen molar-refractivity contribution in [3.05, 3.63) is 16.4 Å². The first-order chi connectivity index (χ1) is 6.66. The fraction of sp³-hybridized carbons (Fsp3) is 0.700. The van der Waals surface area contributed by atoms with E-state index in [-0.39, 0.29) is 0 Å². The molecule has 0 aromatic carbocycles. The third-order valence-corrected chi connectivity index (χ3v) is 2.94. The number of aromatic amines is 1. The number of H-pyrrole nitrogens is 1. The van der Waals surface area contributed by atoms with Crippen LogP contribution < -0.4 is 0 Å². The third kappa shape index (κ3) is 2.25. The van der Waals surface area contributed by atoms with E-state index in [9.17, 15) is 0 Å². The Hall–Kier alpha value is -0.610. The minimum atomic E-state index is 0.761. The Morgan fingerprint density at radius 1 is 1.57 bits per heavy atom. The van der Waals surface area contributed by atoms with Gasteiger partial charge in [0.15, 0.2) is 0 Å². The van der Waals surface area contributed by atoms with E-state index in [1.165, 1.54) is 18.5 Å². The van der Waals surface area contributed by atoms with E-state index in [0.29, 0.717) is 0 Å². The quantitative estimate of drug-likeness (QED) is 0.770. The van der Waals surface area contributed by atoms with Crippen LogP contribution >= 0.6 is 12.2 Å². The van der Waals surface area contributed by atoms with Crippen molar-refractivity contribution >= 4 is 12.2 Å². The molecular weight excluding hydrogens is 194 g/mol. The van der Waals surface area contributed by atoms with Gasteiger partial charge < -0.3 is 10.00 Å². The van der Waals surface area contributed by atoms with Crippen molar-refractivity contribution in [1.82, 2.24) is 14.7 Å². The maximum absolute atomic E-state index is 5.29. The fourth-order valence-corrected chi connectivity index (χ4v) is 1.79. The zero-order chi connectivity index (χ0) is 10.1. The topological polar surface area (TPSA) is 24.0 Å². The van der Waals surface area contributed by atoms with Gasteiger partial charge in [0.2, 0.25) is 0 Å². The summed E-state index contributed by atoms with van der Waals surface area (Å²) in [5.74, 6) is 0.761. The van der Waals surface area contributed by atoms with E-state index in [2.05, 4.69) is 34.8 Å². The number of rotatable bonds is 4. The Labute approximate surface area is 89.7 Å². The molecule has 1 heterocycles. The minimum Gasteiger partial charge on any atom is -0.308 e. The Morgan fingerprint density at radius 2 is 2.29 bits per heavy atom. The number of aromatic nitrogens is 2.